The SMILES string of the molecule is Nc1ccc(-c2cccs2)cc1.S. The Morgan fingerprint density at radius 3 is 2.23 bits per heavy atom. The lowest BCUT2D eigenvalue weighted by molar-refractivity contribution is 1.68. The summed E-state index contributed by atoms with van der Waals surface area (Å²) in [5, 5.41) is 2.08. The first kappa shape index (κ1) is 10.2. The molecule has 0 bridgehead atoms. The summed E-state index contributed by atoms with van der Waals surface area (Å²) in [6, 6.07) is 12.1. The van der Waals surface area contributed by atoms with Gasteiger partial charge in [-0.25, -0.2) is 0 Å². The van der Waals surface area contributed by atoms with E-state index in [-0.39, 0.29) is 13.5 Å². The fourth-order valence-electron chi connectivity index (χ4n) is 1.09. The second-order valence-electron chi connectivity index (χ2n) is 2.60. The van der Waals surface area contributed by atoms with Crippen molar-refractivity contribution < 1.29 is 0 Å². The molecule has 0 saturated carbocycles. The van der Waals surface area contributed by atoms with E-state index in [1.54, 1.807) is 11.3 Å². The number of nitrogens with two attached hydrogens (primary N) is 1. The summed E-state index contributed by atoms with van der Waals surface area (Å²) in [4.78, 5) is 1.29. The lowest BCUT2D eigenvalue weighted by atomic mass is 10.2. The second kappa shape index (κ2) is 4.35. The van der Waals surface area contributed by atoms with E-state index in [2.05, 4.69) is 17.5 Å². The number of thiophene rings is 1. The van der Waals surface area contributed by atoms with E-state index >= 15 is 0 Å². The zero-order valence-corrected chi connectivity index (χ0v) is 8.84. The van der Waals surface area contributed by atoms with Gasteiger partial charge in [0, 0.05) is 10.6 Å². The molecule has 13 heavy (non-hydrogen) atoms. The number of nitrogen functional groups attached to an aromatic ring is 1. The van der Waals surface area contributed by atoms with Gasteiger partial charge in [0.05, 0.1) is 0 Å². The number of anilines is 1. The number of hydrogen-bond acceptors (Lipinski definition) is 2. The fraction of sp³-hybridized carbons (Fsp3) is 0. The van der Waals surface area contributed by atoms with Crippen LogP contribution in [0.4, 0.5) is 5.69 Å². The molecular weight excluding hydrogens is 198 g/mol. The standard InChI is InChI=1S/C10H9NS.H2S/c11-9-5-3-8(4-6-9)10-2-1-7-12-10;/h1-7H,11H2;1H2. The molecule has 3 heteroatoms. The third-order valence-electron chi connectivity index (χ3n) is 1.72. The molecule has 2 N–H and O–H groups in total. The van der Waals surface area contributed by atoms with Gasteiger partial charge in [-0.3, -0.25) is 0 Å². The molecule has 2 rings (SSSR count). The predicted molar refractivity (Wildman–Crippen MR) is 64.5 cm³/mol. The van der Waals surface area contributed by atoms with E-state index in [1.807, 2.05) is 24.3 Å². The Labute approximate surface area is 88.7 Å². The monoisotopic (exact) mass is 209 g/mol. The van der Waals surface area contributed by atoms with Crippen molar-refractivity contribution in [3.63, 3.8) is 0 Å². The van der Waals surface area contributed by atoms with E-state index in [0.29, 0.717) is 0 Å². The average Bonchev–Trinajstić information content (AvgIpc) is 2.58. The van der Waals surface area contributed by atoms with Gasteiger partial charge in [0.25, 0.3) is 0 Å². The summed E-state index contributed by atoms with van der Waals surface area (Å²) in [5.41, 5.74) is 7.63. The number of benzene rings is 1. The maximum atomic E-state index is 5.58. The first-order chi connectivity index (χ1) is 5.86. The Hall–Kier alpha value is -0.930. The minimum absolute atomic E-state index is 0. The molecule has 1 aromatic heterocycles. The lowest BCUT2D eigenvalue weighted by Gasteiger charge is -1.96. The van der Waals surface area contributed by atoms with Crippen LogP contribution in [0, 0.1) is 0 Å². The number of hydrogen-bond donors (Lipinski definition) is 1. The summed E-state index contributed by atoms with van der Waals surface area (Å²) in [6.07, 6.45) is 0. The Bertz CT molecular complexity index is 351. The fourth-order valence-corrected chi connectivity index (χ4v) is 1.82. The van der Waals surface area contributed by atoms with E-state index in [4.69, 9.17) is 5.73 Å². The van der Waals surface area contributed by atoms with Gasteiger partial charge < -0.3 is 5.73 Å². The summed E-state index contributed by atoms with van der Waals surface area (Å²) in [7, 11) is 0. The topological polar surface area (TPSA) is 26.0 Å². The van der Waals surface area contributed by atoms with Crippen LogP contribution in [0.25, 0.3) is 10.4 Å². The molecule has 0 spiro atoms. The molecule has 0 atom stereocenters. The van der Waals surface area contributed by atoms with Crippen molar-refractivity contribution >= 4 is 30.5 Å². The van der Waals surface area contributed by atoms with Crippen LogP contribution in [-0.2, 0) is 0 Å². The Morgan fingerprint density at radius 1 is 1.00 bits per heavy atom. The minimum Gasteiger partial charge on any atom is -0.399 e. The van der Waals surface area contributed by atoms with Crippen LogP contribution in [0.1, 0.15) is 0 Å². The van der Waals surface area contributed by atoms with Crippen LogP contribution < -0.4 is 5.73 Å². The Kier molecular flexibility index (Phi) is 3.39. The second-order valence-corrected chi connectivity index (χ2v) is 3.55. The van der Waals surface area contributed by atoms with Crippen LogP contribution in [0.15, 0.2) is 41.8 Å². The predicted octanol–water partition coefficient (Wildman–Crippen LogP) is 3.11. The molecule has 2 aromatic rings. The zero-order chi connectivity index (χ0) is 8.39. The molecular formula is C10H11NS2. The minimum atomic E-state index is 0. The molecule has 0 aliphatic heterocycles. The first-order valence-electron chi connectivity index (χ1n) is 3.76. The molecule has 0 aliphatic carbocycles. The van der Waals surface area contributed by atoms with Crippen molar-refractivity contribution in [2.24, 2.45) is 0 Å². The maximum Gasteiger partial charge on any atom is 0.0342 e. The first-order valence-corrected chi connectivity index (χ1v) is 4.63. The van der Waals surface area contributed by atoms with Crippen LogP contribution >= 0.6 is 24.8 Å². The zero-order valence-electron chi connectivity index (χ0n) is 7.03. The quantitative estimate of drug-likeness (QED) is 0.718. The molecule has 1 nitrogen and oxygen atoms in total. The molecule has 0 radical (unpaired) electrons. The average molecular weight is 209 g/mol. The van der Waals surface area contributed by atoms with Gasteiger partial charge in [-0.2, -0.15) is 13.5 Å². The van der Waals surface area contributed by atoms with Crippen molar-refractivity contribution in [2.75, 3.05) is 5.73 Å². The van der Waals surface area contributed by atoms with E-state index in [9.17, 15) is 0 Å². The highest BCUT2D eigenvalue weighted by Gasteiger charge is 1.95. The molecule has 1 aromatic carbocycles. The van der Waals surface area contributed by atoms with Gasteiger partial charge in [-0.1, -0.05) is 18.2 Å². The van der Waals surface area contributed by atoms with Gasteiger partial charge in [0.1, 0.15) is 0 Å². The highest BCUT2D eigenvalue weighted by atomic mass is 32.1. The molecule has 0 fully saturated rings. The van der Waals surface area contributed by atoms with Gasteiger partial charge in [0.2, 0.25) is 0 Å². The molecule has 68 valence electrons. The molecule has 0 saturated heterocycles. The van der Waals surface area contributed by atoms with Crippen molar-refractivity contribution in [3.8, 4) is 10.4 Å². The van der Waals surface area contributed by atoms with E-state index < -0.39 is 0 Å². The molecule has 1 heterocycles. The van der Waals surface area contributed by atoms with Gasteiger partial charge in [0.15, 0.2) is 0 Å². The summed E-state index contributed by atoms with van der Waals surface area (Å²) in [6.45, 7) is 0. The normalized spacial score (nSPS) is 9.23. The van der Waals surface area contributed by atoms with Crippen molar-refractivity contribution in [1.82, 2.24) is 0 Å². The third-order valence-corrected chi connectivity index (χ3v) is 2.64. The van der Waals surface area contributed by atoms with Gasteiger partial charge in [-0.05, 0) is 29.1 Å². The summed E-state index contributed by atoms with van der Waals surface area (Å²) < 4.78 is 0. The summed E-state index contributed by atoms with van der Waals surface area (Å²) >= 11 is 1.74. The molecule has 0 unspecified atom stereocenters. The maximum absolute atomic E-state index is 5.58. The van der Waals surface area contributed by atoms with E-state index in [1.165, 1.54) is 10.4 Å². The smallest absolute Gasteiger partial charge is 0.0342 e. The summed E-state index contributed by atoms with van der Waals surface area (Å²) in [5.74, 6) is 0. The van der Waals surface area contributed by atoms with Crippen LogP contribution in [0.5, 0.6) is 0 Å². The third kappa shape index (κ3) is 2.26. The van der Waals surface area contributed by atoms with Crippen molar-refractivity contribution in [1.29, 1.82) is 0 Å². The van der Waals surface area contributed by atoms with Gasteiger partial charge >= 0.3 is 0 Å². The van der Waals surface area contributed by atoms with Crippen molar-refractivity contribution in [3.05, 3.63) is 41.8 Å². The molecule has 0 aliphatic rings. The van der Waals surface area contributed by atoms with Crippen molar-refractivity contribution in [2.45, 2.75) is 0 Å². The van der Waals surface area contributed by atoms with Gasteiger partial charge in [-0.15, -0.1) is 11.3 Å². The Morgan fingerprint density at radius 2 is 1.69 bits per heavy atom. The lowest BCUT2D eigenvalue weighted by Crippen LogP contribution is -1.82. The highest BCUT2D eigenvalue weighted by Crippen LogP contribution is 2.24. The highest BCUT2D eigenvalue weighted by molar-refractivity contribution is 7.59. The van der Waals surface area contributed by atoms with Crippen LogP contribution in [0.2, 0.25) is 0 Å². The largest absolute Gasteiger partial charge is 0.399 e. The van der Waals surface area contributed by atoms with Crippen LogP contribution in [-0.4, -0.2) is 0 Å². The Balaban J connectivity index is 0.000000845. The molecule has 0 amide bonds. The number of rotatable bonds is 1. The van der Waals surface area contributed by atoms with E-state index in [0.717, 1.165) is 5.69 Å². The van der Waals surface area contributed by atoms with Crippen LogP contribution in [0.3, 0.4) is 0 Å².